The molecule has 2 fully saturated rings. The van der Waals surface area contributed by atoms with Crippen LogP contribution in [0.4, 0.5) is 0 Å². The molecule has 24 heavy (non-hydrogen) atoms. The van der Waals surface area contributed by atoms with E-state index >= 15 is 0 Å². The summed E-state index contributed by atoms with van der Waals surface area (Å²) >= 11 is 1.59. The van der Waals surface area contributed by atoms with E-state index in [9.17, 15) is 4.79 Å². The minimum absolute atomic E-state index is 0.230. The van der Waals surface area contributed by atoms with E-state index in [0.29, 0.717) is 37.2 Å². The van der Waals surface area contributed by atoms with Gasteiger partial charge in [-0.25, -0.2) is 0 Å². The van der Waals surface area contributed by atoms with Gasteiger partial charge < -0.3 is 14.2 Å². The predicted molar refractivity (Wildman–Crippen MR) is 89.6 cm³/mol. The van der Waals surface area contributed by atoms with E-state index in [0.717, 1.165) is 37.1 Å². The first-order valence-corrected chi connectivity index (χ1v) is 9.47. The van der Waals surface area contributed by atoms with Crippen LogP contribution in [0.3, 0.4) is 0 Å². The van der Waals surface area contributed by atoms with Crippen molar-refractivity contribution < 1.29 is 14.1 Å². The molecule has 0 bridgehead atoms. The fraction of sp³-hybridized carbons (Fsp3) is 0.588. The Morgan fingerprint density at radius 3 is 3.25 bits per heavy atom. The van der Waals surface area contributed by atoms with Crippen LogP contribution in [0.5, 0.6) is 0 Å². The molecule has 2 aliphatic rings. The van der Waals surface area contributed by atoms with Crippen molar-refractivity contribution in [3.05, 3.63) is 23.4 Å². The fourth-order valence-electron chi connectivity index (χ4n) is 3.63. The maximum atomic E-state index is 12.5. The first kappa shape index (κ1) is 15.8. The van der Waals surface area contributed by atoms with Crippen LogP contribution >= 0.6 is 11.3 Å². The van der Waals surface area contributed by atoms with Crippen molar-refractivity contribution in [2.75, 3.05) is 13.2 Å². The van der Waals surface area contributed by atoms with Gasteiger partial charge in [-0.05, 0) is 37.1 Å². The van der Waals surface area contributed by atoms with Crippen molar-refractivity contribution in [1.82, 2.24) is 15.0 Å². The Bertz CT molecular complexity index is 685. The number of morpholine rings is 1. The summed E-state index contributed by atoms with van der Waals surface area (Å²) in [7, 11) is 0. The SMILES string of the molecule is O=C(CCCc1nc(-c2cccs2)no1)N1CCO[C@H]2CCC[C@H]21. The third kappa shape index (κ3) is 3.23. The van der Waals surface area contributed by atoms with Gasteiger partial charge in [0.15, 0.2) is 0 Å². The number of nitrogens with zero attached hydrogens (tertiary/aromatic N) is 3. The molecule has 7 heteroatoms. The van der Waals surface area contributed by atoms with Crippen molar-refractivity contribution in [1.29, 1.82) is 0 Å². The van der Waals surface area contributed by atoms with E-state index < -0.39 is 0 Å². The monoisotopic (exact) mass is 347 g/mol. The second-order valence-corrected chi connectivity index (χ2v) is 7.28. The third-order valence-corrected chi connectivity index (χ3v) is 5.66. The Morgan fingerprint density at radius 1 is 1.42 bits per heavy atom. The summed E-state index contributed by atoms with van der Waals surface area (Å²) in [6.07, 6.45) is 5.48. The van der Waals surface area contributed by atoms with Crippen LogP contribution in [0.15, 0.2) is 22.0 Å². The summed E-state index contributed by atoms with van der Waals surface area (Å²) in [5, 5.41) is 5.99. The second kappa shape index (κ2) is 7.03. The molecule has 2 aromatic rings. The smallest absolute Gasteiger partial charge is 0.226 e. The average molecular weight is 347 g/mol. The van der Waals surface area contributed by atoms with Crippen LogP contribution in [0, 0.1) is 0 Å². The van der Waals surface area contributed by atoms with Gasteiger partial charge >= 0.3 is 0 Å². The van der Waals surface area contributed by atoms with Crippen LogP contribution in [0.2, 0.25) is 0 Å². The Balaban J connectivity index is 1.28. The zero-order chi connectivity index (χ0) is 16.4. The van der Waals surface area contributed by atoms with Gasteiger partial charge in [0, 0.05) is 19.4 Å². The molecule has 0 radical (unpaired) electrons. The van der Waals surface area contributed by atoms with E-state index in [4.69, 9.17) is 9.26 Å². The number of amides is 1. The lowest BCUT2D eigenvalue weighted by Gasteiger charge is -2.37. The third-order valence-electron chi connectivity index (χ3n) is 4.79. The topological polar surface area (TPSA) is 68.5 Å². The number of fused-ring (bicyclic) bond motifs is 1. The molecule has 2 atom stereocenters. The highest BCUT2D eigenvalue weighted by Gasteiger charge is 2.37. The summed E-state index contributed by atoms with van der Waals surface area (Å²) < 4.78 is 11.1. The van der Waals surface area contributed by atoms with E-state index in [1.807, 2.05) is 22.4 Å². The molecule has 3 heterocycles. The number of carbonyl (C=O) groups is 1. The molecule has 0 spiro atoms. The lowest BCUT2D eigenvalue weighted by atomic mass is 10.1. The highest BCUT2D eigenvalue weighted by molar-refractivity contribution is 7.13. The number of thiophene rings is 1. The molecule has 1 aliphatic heterocycles. The minimum atomic E-state index is 0.230. The quantitative estimate of drug-likeness (QED) is 0.832. The van der Waals surface area contributed by atoms with E-state index in [2.05, 4.69) is 10.1 Å². The molecule has 0 aromatic carbocycles. The van der Waals surface area contributed by atoms with Gasteiger partial charge in [-0.15, -0.1) is 11.3 Å². The van der Waals surface area contributed by atoms with Crippen molar-refractivity contribution in [3.8, 4) is 10.7 Å². The number of ether oxygens (including phenoxy) is 1. The molecule has 4 rings (SSSR count). The van der Waals surface area contributed by atoms with Crippen LogP contribution in [-0.2, 0) is 16.0 Å². The predicted octanol–water partition coefficient (Wildman–Crippen LogP) is 2.90. The number of rotatable bonds is 5. The standard InChI is InChI=1S/C17H21N3O3S/c21-16(20-9-10-22-13-5-1-4-12(13)20)8-2-7-15-18-17(19-23-15)14-6-3-11-24-14/h3,6,11-13H,1-2,4-5,7-10H2/t12-,13+/m1/s1. The molecule has 6 nitrogen and oxygen atoms in total. The number of hydrogen-bond acceptors (Lipinski definition) is 6. The molecule has 1 aliphatic carbocycles. The number of aromatic nitrogens is 2. The van der Waals surface area contributed by atoms with Crippen LogP contribution in [0.1, 0.15) is 38.0 Å². The number of hydrogen-bond donors (Lipinski definition) is 0. The van der Waals surface area contributed by atoms with Gasteiger partial charge in [0.2, 0.25) is 17.6 Å². The number of aryl methyl sites for hydroxylation is 1. The summed E-state index contributed by atoms with van der Waals surface area (Å²) in [6.45, 7) is 1.39. The highest BCUT2D eigenvalue weighted by Crippen LogP contribution is 2.30. The summed E-state index contributed by atoms with van der Waals surface area (Å²) in [5.41, 5.74) is 0. The average Bonchev–Trinajstić information content (AvgIpc) is 3.34. The first-order valence-electron chi connectivity index (χ1n) is 8.59. The maximum absolute atomic E-state index is 12.5. The Labute approximate surface area is 144 Å². The van der Waals surface area contributed by atoms with Gasteiger partial charge in [-0.3, -0.25) is 4.79 Å². The van der Waals surface area contributed by atoms with Gasteiger partial charge in [0.25, 0.3) is 0 Å². The highest BCUT2D eigenvalue weighted by atomic mass is 32.1. The Morgan fingerprint density at radius 2 is 2.38 bits per heavy atom. The van der Waals surface area contributed by atoms with Crippen molar-refractivity contribution in [2.45, 2.75) is 50.7 Å². The molecule has 1 amide bonds. The summed E-state index contributed by atoms with van der Waals surface area (Å²) in [6, 6.07) is 4.23. The first-order chi connectivity index (χ1) is 11.8. The maximum Gasteiger partial charge on any atom is 0.226 e. The zero-order valence-corrected chi connectivity index (χ0v) is 14.3. The largest absolute Gasteiger partial charge is 0.374 e. The fourth-order valence-corrected chi connectivity index (χ4v) is 4.28. The van der Waals surface area contributed by atoms with Crippen molar-refractivity contribution in [2.24, 2.45) is 0 Å². The van der Waals surface area contributed by atoms with E-state index in [1.165, 1.54) is 0 Å². The van der Waals surface area contributed by atoms with E-state index in [-0.39, 0.29) is 12.0 Å². The Hall–Kier alpha value is -1.73. The molecule has 0 N–H and O–H groups in total. The van der Waals surface area contributed by atoms with Crippen LogP contribution < -0.4 is 0 Å². The molecule has 0 unspecified atom stereocenters. The van der Waals surface area contributed by atoms with E-state index in [1.54, 1.807) is 11.3 Å². The number of carbonyl (C=O) groups excluding carboxylic acids is 1. The normalized spacial score (nSPS) is 23.4. The zero-order valence-electron chi connectivity index (χ0n) is 13.5. The molecular weight excluding hydrogens is 326 g/mol. The van der Waals surface area contributed by atoms with Crippen LogP contribution in [-0.4, -0.2) is 46.2 Å². The van der Waals surface area contributed by atoms with Gasteiger partial charge in [-0.2, -0.15) is 4.98 Å². The molecule has 1 saturated heterocycles. The molecular formula is C17H21N3O3S. The lowest BCUT2D eigenvalue weighted by Crippen LogP contribution is -2.51. The lowest BCUT2D eigenvalue weighted by molar-refractivity contribution is -0.144. The Kier molecular flexibility index (Phi) is 4.62. The van der Waals surface area contributed by atoms with Gasteiger partial charge in [0.05, 0.1) is 23.6 Å². The van der Waals surface area contributed by atoms with Crippen molar-refractivity contribution >= 4 is 17.2 Å². The summed E-state index contributed by atoms with van der Waals surface area (Å²) in [5.74, 6) is 1.47. The molecule has 2 aromatic heterocycles. The minimum Gasteiger partial charge on any atom is -0.374 e. The van der Waals surface area contributed by atoms with Crippen molar-refractivity contribution in [3.63, 3.8) is 0 Å². The molecule has 128 valence electrons. The molecule has 1 saturated carbocycles. The van der Waals surface area contributed by atoms with Gasteiger partial charge in [-0.1, -0.05) is 11.2 Å². The van der Waals surface area contributed by atoms with Gasteiger partial charge in [0.1, 0.15) is 0 Å². The summed E-state index contributed by atoms with van der Waals surface area (Å²) in [4.78, 5) is 20.0. The second-order valence-electron chi connectivity index (χ2n) is 6.34. The van der Waals surface area contributed by atoms with Crippen LogP contribution in [0.25, 0.3) is 10.7 Å².